The van der Waals surface area contributed by atoms with Crippen LogP contribution in [0.5, 0.6) is 0 Å². The molecular weight excluding hydrogens is 763 g/mol. The van der Waals surface area contributed by atoms with Crippen LogP contribution in [-0.4, -0.2) is 26.8 Å². The van der Waals surface area contributed by atoms with E-state index in [0.717, 1.165) is 21.4 Å². The summed E-state index contributed by atoms with van der Waals surface area (Å²) in [4.78, 5) is 8.68. The molecular formula is C26H29Br2Cl3N4O4S2. The van der Waals surface area contributed by atoms with E-state index in [4.69, 9.17) is 16.4 Å². The summed E-state index contributed by atoms with van der Waals surface area (Å²) >= 11 is 6.48. The Morgan fingerprint density at radius 2 is 1.17 bits per heavy atom. The van der Waals surface area contributed by atoms with Gasteiger partial charge in [-0.05, 0) is 105 Å². The van der Waals surface area contributed by atoms with Gasteiger partial charge in [-0.25, -0.2) is 31.5 Å². The highest BCUT2D eigenvalue weighted by molar-refractivity contribution is 9.10. The molecule has 41 heavy (non-hydrogen) atoms. The second-order valence-electron chi connectivity index (χ2n) is 8.00. The zero-order valence-electron chi connectivity index (χ0n) is 21.9. The van der Waals surface area contributed by atoms with Crippen molar-refractivity contribution in [3.05, 3.63) is 117 Å². The molecule has 0 spiro atoms. The maximum absolute atomic E-state index is 12.1. The molecule has 0 amide bonds. The van der Waals surface area contributed by atoms with Crippen LogP contribution in [0.4, 0.5) is 0 Å². The van der Waals surface area contributed by atoms with E-state index < -0.39 is 19.1 Å². The molecule has 2 heterocycles. The number of aryl methyl sites for hydroxylation is 2. The summed E-state index contributed by atoms with van der Waals surface area (Å²) < 4.78 is 49.7. The molecule has 2 aromatic heterocycles. The number of hydrogen-bond donors (Lipinski definition) is 2. The van der Waals surface area contributed by atoms with E-state index in [1.165, 1.54) is 12.1 Å². The quantitative estimate of drug-likeness (QED) is 0.164. The van der Waals surface area contributed by atoms with Gasteiger partial charge in [0.25, 0.3) is 9.05 Å². The molecule has 4 aromatic rings. The lowest BCUT2D eigenvalue weighted by atomic mass is 10.2. The number of aromatic nitrogens is 2. The SMILES string of the molecule is Cc1cccc(S(=O)(=O)Cl)c1.Cc1cccc(S(=O)(=O)NCc2cccc(Br)n2)c1.Cl.Cl.NCc1cccc(Br)n1. The maximum atomic E-state index is 12.1. The van der Waals surface area contributed by atoms with Crippen LogP contribution in [0, 0.1) is 13.8 Å². The molecule has 4 rings (SSSR count). The van der Waals surface area contributed by atoms with Gasteiger partial charge in [0, 0.05) is 17.2 Å². The fourth-order valence-electron chi connectivity index (χ4n) is 2.91. The number of hydrogen-bond acceptors (Lipinski definition) is 7. The number of sulfonamides is 1. The number of benzene rings is 2. The van der Waals surface area contributed by atoms with Crippen LogP contribution in [0.1, 0.15) is 22.5 Å². The van der Waals surface area contributed by atoms with E-state index in [1.807, 2.05) is 50.2 Å². The fourth-order valence-corrected chi connectivity index (χ4v) is 5.63. The van der Waals surface area contributed by atoms with Crippen LogP contribution in [0.2, 0.25) is 0 Å². The number of nitrogens with two attached hydrogens (primary N) is 1. The average Bonchev–Trinajstić information content (AvgIpc) is 2.88. The van der Waals surface area contributed by atoms with Crippen molar-refractivity contribution in [3.63, 3.8) is 0 Å². The average molecular weight is 792 g/mol. The summed E-state index contributed by atoms with van der Waals surface area (Å²) in [6.07, 6.45) is 0. The van der Waals surface area contributed by atoms with Gasteiger partial charge in [-0.15, -0.1) is 24.8 Å². The topological polar surface area (TPSA) is 132 Å². The third-order valence-electron chi connectivity index (χ3n) is 4.77. The lowest BCUT2D eigenvalue weighted by molar-refractivity contribution is 0.580. The highest BCUT2D eigenvalue weighted by atomic mass is 79.9. The van der Waals surface area contributed by atoms with Crippen molar-refractivity contribution in [2.45, 2.75) is 36.7 Å². The molecule has 0 aliphatic rings. The number of nitrogens with zero attached hydrogens (tertiary/aromatic N) is 2. The monoisotopic (exact) mass is 788 g/mol. The van der Waals surface area contributed by atoms with Crippen molar-refractivity contribution in [3.8, 4) is 0 Å². The Hall–Kier alpha value is -1.61. The van der Waals surface area contributed by atoms with E-state index in [1.54, 1.807) is 36.4 Å². The van der Waals surface area contributed by atoms with E-state index in [9.17, 15) is 16.8 Å². The van der Waals surface area contributed by atoms with E-state index in [-0.39, 0.29) is 41.1 Å². The van der Waals surface area contributed by atoms with Gasteiger partial charge < -0.3 is 5.73 Å². The maximum Gasteiger partial charge on any atom is 0.261 e. The molecule has 2 aromatic carbocycles. The van der Waals surface area contributed by atoms with Crippen molar-refractivity contribution in [1.29, 1.82) is 0 Å². The first-order valence-corrected chi connectivity index (χ1v) is 16.7. The molecule has 15 heteroatoms. The van der Waals surface area contributed by atoms with Crippen LogP contribution in [0.15, 0.2) is 104 Å². The predicted octanol–water partition coefficient (Wildman–Crippen LogP) is 6.70. The first-order valence-electron chi connectivity index (χ1n) is 11.3. The summed E-state index contributed by atoms with van der Waals surface area (Å²) in [7, 11) is -1.95. The van der Waals surface area contributed by atoms with Crippen molar-refractivity contribution in [2.75, 3.05) is 0 Å². The van der Waals surface area contributed by atoms with Gasteiger partial charge in [0.15, 0.2) is 0 Å². The van der Waals surface area contributed by atoms with E-state index >= 15 is 0 Å². The van der Waals surface area contributed by atoms with Gasteiger partial charge in [0.05, 0.1) is 27.7 Å². The summed E-state index contributed by atoms with van der Waals surface area (Å²) in [6, 6.07) is 24.3. The van der Waals surface area contributed by atoms with Gasteiger partial charge in [0.2, 0.25) is 10.0 Å². The molecule has 0 aliphatic heterocycles. The molecule has 0 atom stereocenters. The molecule has 0 fully saturated rings. The lowest BCUT2D eigenvalue weighted by Crippen LogP contribution is -2.23. The Morgan fingerprint density at radius 1 is 0.732 bits per heavy atom. The van der Waals surface area contributed by atoms with Gasteiger partial charge in [-0.3, -0.25) is 0 Å². The van der Waals surface area contributed by atoms with Gasteiger partial charge in [0.1, 0.15) is 9.21 Å². The van der Waals surface area contributed by atoms with Crippen LogP contribution in [0.3, 0.4) is 0 Å². The summed E-state index contributed by atoms with van der Waals surface area (Å²) in [5.74, 6) is 0. The third-order valence-corrected chi connectivity index (χ3v) is 8.40. The molecule has 8 nitrogen and oxygen atoms in total. The molecule has 0 aliphatic carbocycles. The van der Waals surface area contributed by atoms with Gasteiger partial charge in [-0.2, -0.15) is 0 Å². The first-order chi connectivity index (χ1) is 18.3. The van der Waals surface area contributed by atoms with Crippen molar-refractivity contribution in [1.82, 2.24) is 14.7 Å². The first kappa shape index (κ1) is 39.4. The molecule has 0 bridgehead atoms. The van der Waals surface area contributed by atoms with Crippen molar-refractivity contribution < 1.29 is 16.8 Å². The number of halogens is 5. The molecule has 3 N–H and O–H groups in total. The summed E-state index contributed by atoms with van der Waals surface area (Å²) in [6.45, 7) is 4.33. The standard InChI is InChI=1S/C13H13BrN2O2S.C7H7ClO2S.C6H7BrN2.2ClH/c1-10-4-2-6-12(8-10)19(17,18)15-9-11-5-3-7-13(14)16-11;1-6-3-2-4-7(5-6)11(8,9)10;7-6-3-1-2-5(4-8)9-6;;/h2-8,15H,9H2,1H3;2-5H,1H3;1-3H,4,8H2;2*1H. The minimum absolute atomic E-state index is 0. The Kier molecular flexibility index (Phi) is 18.1. The number of nitrogens with one attached hydrogen (secondary N) is 1. The fraction of sp³-hybridized carbons (Fsp3) is 0.154. The Morgan fingerprint density at radius 3 is 1.59 bits per heavy atom. The third kappa shape index (κ3) is 14.9. The van der Waals surface area contributed by atoms with Crippen molar-refractivity contribution in [2.24, 2.45) is 5.73 Å². The number of pyridine rings is 2. The minimum Gasteiger partial charge on any atom is -0.325 e. The number of rotatable bonds is 6. The molecule has 0 saturated carbocycles. The molecule has 224 valence electrons. The second kappa shape index (κ2) is 18.8. The summed E-state index contributed by atoms with van der Waals surface area (Å²) in [5.41, 5.74) is 8.69. The highest BCUT2D eigenvalue weighted by Crippen LogP contribution is 2.15. The Labute approximate surface area is 275 Å². The Balaban J connectivity index is 0.000000623. The van der Waals surface area contributed by atoms with Crippen molar-refractivity contribution >= 4 is 86.4 Å². The van der Waals surface area contributed by atoms with Gasteiger partial charge >= 0.3 is 0 Å². The Bertz CT molecular complexity index is 1610. The second-order valence-corrected chi connectivity index (χ2v) is 14.0. The van der Waals surface area contributed by atoms with Crippen LogP contribution >= 0.6 is 67.4 Å². The van der Waals surface area contributed by atoms with Gasteiger partial charge in [-0.1, -0.05) is 36.4 Å². The molecule has 0 radical (unpaired) electrons. The smallest absolute Gasteiger partial charge is 0.261 e. The molecule has 0 unspecified atom stereocenters. The highest BCUT2D eigenvalue weighted by Gasteiger charge is 2.13. The van der Waals surface area contributed by atoms with Crippen LogP contribution < -0.4 is 10.5 Å². The zero-order chi connectivity index (χ0) is 29.1. The largest absolute Gasteiger partial charge is 0.325 e. The minimum atomic E-state index is -3.55. The molecule has 0 saturated heterocycles. The summed E-state index contributed by atoms with van der Waals surface area (Å²) in [5, 5.41) is 0. The van der Waals surface area contributed by atoms with E-state index in [2.05, 4.69) is 46.5 Å². The normalized spacial score (nSPS) is 10.5. The predicted molar refractivity (Wildman–Crippen MR) is 176 cm³/mol. The van der Waals surface area contributed by atoms with Crippen LogP contribution in [-0.2, 0) is 32.2 Å². The van der Waals surface area contributed by atoms with Crippen LogP contribution in [0.25, 0.3) is 0 Å². The zero-order valence-corrected chi connectivity index (χ0v) is 29.1. The van der Waals surface area contributed by atoms with E-state index in [0.29, 0.717) is 16.8 Å². The lowest BCUT2D eigenvalue weighted by Gasteiger charge is -2.07.